The Kier molecular flexibility index (Phi) is 4.10. The molecule has 21 heavy (non-hydrogen) atoms. The van der Waals surface area contributed by atoms with E-state index in [0.717, 1.165) is 25.1 Å². The highest BCUT2D eigenvalue weighted by Gasteiger charge is 2.32. The molecule has 0 saturated carbocycles. The fourth-order valence-corrected chi connectivity index (χ4v) is 2.82. The average Bonchev–Trinajstić information content (AvgIpc) is 3.16. The van der Waals surface area contributed by atoms with Crippen molar-refractivity contribution in [2.24, 2.45) is 0 Å². The number of halogens is 1. The summed E-state index contributed by atoms with van der Waals surface area (Å²) < 4.78 is 5.22. The molecule has 0 aromatic carbocycles. The number of aromatic nitrogens is 1. The van der Waals surface area contributed by atoms with Gasteiger partial charge < -0.3 is 14.6 Å². The number of anilines is 1. The molecule has 110 valence electrons. The number of hydrogen-bond donors (Lipinski definition) is 1. The Morgan fingerprint density at radius 3 is 3.14 bits per heavy atom. The highest BCUT2D eigenvalue weighted by molar-refractivity contribution is 6.33. The van der Waals surface area contributed by atoms with Crippen LogP contribution < -0.4 is 10.2 Å². The van der Waals surface area contributed by atoms with Gasteiger partial charge in [0.2, 0.25) is 5.91 Å². The molecule has 1 saturated heterocycles. The Balaban J connectivity index is 1.69. The second-order valence-corrected chi connectivity index (χ2v) is 5.36. The van der Waals surface area contributed by atoms with Crippen LogP contribution in [0.15, 0.2) is 41.1 Å². The Morgan fingerprint density at radius 2 is 2.38 bits per heavy atom. The maximum Gasteiger partial charge on any atom is 0.243 e. The van der Waals surface area contributed by atoms with Crippen LogP contribution in [-0.2, 0) is 11.3 Å². The predicted octanol–water partition coefficient (Wildman–Crippen LogP) is 2.61. The van der Waals surface area contributed by atoms with Crippen molar-refractivity contribution in [3.8, 4) is 0 Å². The van der Waals surface area contributed by atoms with Crippen molar-refractivity contribution >= 4 is 23.3 Å². The van der Waals surface area contributed by atoms with E-state index in [9.17, 15) is 4.79 Å². The second kappa shape index (κ2) is 6.18. The van der Waals surface area contributed by atoms with E-state index >= 15 is 0 Å². The Hall–Kier alpha value is -2.01. The van der Waals surface area contributed by atoms with E-state index in [1.54, 1.807) is 30.7 Å². The maximum atomic E-state index is 12.4. The molecule has 3 heterocycles. The Labute approximate surface area is 127 Å². The molecule has 5 nitrogen and oxygen atoms in total. The van der Waals surface area contributed by atoms with Crippen LogP contribution in [0.2, 0.25) is 5.02 Å². The van der Waals surface area contributed by atoms with E-state index in [-0.39, 0.29) is 11.9 Å². The summed E-state index contributed by atoms with van der Waals surface area (Å²) in [6, 6.07) is 6.99. The fraction of sp³-hybridized carbons (Fsp3) is 0.333. The molecule has 1 atom stereocenters. The lowest BCUT2D eigenvalue weighted by Crippen LogP contribution is -2.43. The van der Waals surface area contributed by atoms with Crippen molar-refractivity contribution in [3.63, 3.8) is 0 Å². The van der Waals surface area contributed by atoms with Gasteiger partial charge in [-0.05, 0) is 37.1 Å². The molecule has 1 aliphatic heterocycles. The molecular formula is C15H16ClN3O2. The van der Waals surface area contributed by atoms with Crippen molar-refractivity contribution < 1.29 is 9.21 Å². The quantitative estimate of drug-likeness (QED) is 0.943. The number of nitrogens with one attached hydrogen (secondary N) is 1. The van der Waals surface area contributed by atoms with E-state index < -0.39 is 0 Å². The second-order valence-electron chi connectivity index (χ2n) is 4.96. The van der Waals surface area contributed by atoms with E-state index in [2.05, 4.69) is 10.3 Å². The number of amides is 1. The van der Waals surface area contributed by atoms with Gasteiger partial charge in [-0.1, -0.05) is 11.6 Å². The minimum Gasteiger partial charge on any atom is -0.467 e. The van der Waals surface area contributed by atoms with Gasteiger partial charge in [-0.2, -0.15) is 0 Å². The van der Waals surface area contributed by atoms with Crippen LogP contribution in [0.4, 0.5) is 5.82 Å². The maximum absolute atomic E-state index is 12.4. The van der Waals surface area contributed by atoms with Crippen LogP contribution in [0.3, 0.4) is 0 Å². The van der Waals surface area contributed by atoms with Gasteiger partial charge >= 0.3 is 0 Å². The molecule has 1 fully saturated rings. The van der Waals surface area contributed by atoms with Gasteiger partial charge in [0.1, 0.15) is 17.6 Å². The lowest BCUT2D eigenvalue weighted by Gasteiger charge is -2.25. The number of pyridine rings is 1. The molecule has 6 heteroatoms. The first kappa shape index (κ1) is 13.9. The lowest BCUT2D eigenvalue weighted by atomic mass is 10.2. The van der Waals surface area contributed by atoms with E-state index in [1.807, 2.05) is 11.0 Å². The van der Waals surface area contributed by atoms with E-state index in [0.29, 0.717) is 17.4 Å². The molecule has 0 spiro atoms. The van der Waals surface area contributed by atoms with Crippen LogP contribution in [-0.4, -0.2) is 23.5 Å². The van der Waals surface area contributed by atoms with Crippen molar-refractivity contribution in [2.45, 2.75) is 25.4 Å². The zero-order valence-electron chi connectivity index (χ0n) is 11.5. The van der Waals surface area contributed by atoms with Gasteiger partial charge in [0, 0.05) is 12.7 Å². The first-order valence-corrected chi connectivity index (χ1v) is 7.31. The summed E-state index contributed by atoms with van der Waals surface area (Å²) in [4.78, 5) is 18.6. The number of rotatable bonds is 4. The fourth-order valence-electron chi connectivity index (χ4n) is 2.59. The molecule has 1 N–H and O–H groups in total. The predicted molar refractivity (Wildman–Crippen MR) is 80.2 cm³/mol. The monoisotopic (exact) mass is 305 g/mol. The summed E-state index contributed by atoms with van der Waals surface area (Å²) in [5.74, 6) is 1.39. The number of furan rings is 1. The van der Waals surface area contributed by atoms with Crippen LogP contribution >= 0.6 is 11.6 Å². The summed E-state index contributed by atoms with van der Waals surface area (Å²) in [5, 5.41) is 3.47. The smallest absolute Gasteiger partial charge is 0.243 e. The Morgan fingerprint density at radius 1 is 1.48 bits per heavy atom. The van der Waals surface area contributed by atoms with Crippen molar-refractivity contribution in [1.82, 2.24) is 10.3 Å². The van der Waals surface area contributed by atoms with Crippen molar-refractivity contribution in [2.75, 3.05) is 11.4 Å². The number of carbonyl (C=O) groups excluding carboxylic acids is 1. The topological polar surface area (TPSA) is 58.4 Å². The largest absolute Gasteiger partial charge is 0.467 e. The molecule has 0 radical (unpaired) electrons. The standard InChI is InChI=1S/C15H16ClN3O2/c16-12-5-1-7-17-14(12)19-8-2-6-13(19)15(20)18-10-11-4-3-9-21-11/h1,3-5,7,9,13H,2,6,8,10H2,(H,18,20)/t13-/m1/s1. The zero-order valence-corrected chi connectivity index (χ0v) is 12.2. The molecule has 2 aromatic heterocycles. The van der Waals surface area contributed by atoms with E-state index in [4.69, 9.17) is 16.0 Å². The van der Waals surface area contributed by atoms with Crippen LogP contribution in [0.1, 0.15) is 18.6 Å². The molecule has 1 amide bonds. The number of nitrogens with zero attached hydrogens (tertiary/aromatic N) is 2. The average molecular weight is 306 g/mol. The SMILES string of the molecule is O=C(NCc1ccco1)[C@H]1CCCN1c1ncccc1Cl. The molecule has 3 rings (SSSR count). The third kappa shape index (κ3) is 3.03. The Bertz CT molecular complexity index is 615. The van der Waals surface area contributed by atoms with Crippen molar-refractivity contribution in [1.29, 1.82) is 0 Å². The van der Waals surface area contributed by atoms with Gasteiger partial charge in [0.25, 0.3) is 0 Å². The summed E-state index contributed by atoms with van der Waals surface area (Å²) in [7, 11) is 0. The molecule has 0 unspecified atom stereocenters. The summed E-state index contributed by atoms with van der Waals surface area (Å²) >= 11 is 6.18. The molecule has 2 aromatic rings. The number of hydrogen-bond acceptors (Lipinski definition) is 4. The third-order valence-corrected chi connectivity index (χ3v) is 3.88. The first-order chi connectivity index (χ1) is 10.3. The van der Waals surface area contributed by atoms with Gasteiger partial charge in [0.15, 0.2) is 0 Å². The van der Waals surface area contributed by atoms with Gasteiger partial charge in [-0.3, -0.25) is 4.79 Å². The molecule has 0 aliphatic carbocycles. The summed E-state index contributed by atoms with van der Waals surface area (Å²) in [6.45, 7) is 1.18. The van der Waals surface area contributed by atoms with Gasteiger partial charge in [0.05, 0.1) is 17.8 Å². The van der Waals surface area contributed by atoms with Crippen LogP contribution in [0.25, 0.3) is 0 Å². The third-order valence-electron chi connectivity index (χ3n) is 3.58. The highest BCUT2D eigenvalue weighted by atomic mass is 35.5. The highest BCUT2D eigenvalue weighted by Crippen LogP contribution is 2.29. The zero-order chi connectivity index (χ0) is 14.7. The molecular weight excluding hydrogens is 290 g/mol. The lowest BCUT2D eigenvalue weighted by molar-refractivity contribution is -0.122. The summed E-state index contributed by atoms with van der Waals surface area (Å²) in [5.41, 5.74) is 0. The van der Waals surface area contributed by atoms with Gasteiger partial charge in [-0.25, -0.2) is 4.98 Å². The van der Waals surface area contributed by atoms with E-state index in [1.165, 1.54) is 0 Å². The molecule has 1 aliphatic rings. The minimum absolute atomic E-state index is 0.0226. The molecule has 0 bridgehead atoms. The van der Waals surface area contributed by atoms with Crippen LogP contribution in [0, 0.1) is 0 Å². The normalized spacial score (nSPS) is 18.0. The number of carbonyl (C=O) groups is 1. The van der Waals surface area contributed by atoms with Crippen molar-refractivity contribution in [3.05, 3.63) is 47.5 Å². The minimum atomic E-state index is -0.229. The first-order valence-electron chi connectivity index (χ1n) is 6.93. The van der Waals surface area contributed by atoms with Crippen LogP contribution in [0.5, 0.6) is 0 Å². The summed E-state index contributed by atoms with van der Waals surface area (Å²) in [6.07, 6.45) is 5.04. The van der Waals surface area contributed by atoms with Gasteiger partial charge in [-0.15, -0.1) is 0 Å².